The molecule has 0 spiro atoms. The van der Waals surface area contributed by atoms with Gasteiger partial charge in [0.1, 0.15) is 0 Å². The van der Waals surface area contributed by atoms with E-state index in [1.807, 2.05) is 0 Å². The third-order valence-electron chi connectivity index (χ3n) is 2.30. The third kappa shape index (κ3) is 3.83. The molecule has 0 amide bonds. The average Bonchev–Trinajstić information content (AvgIpc) is 2.19. The first-order valence-corrected chi connectivity index (χ1v) is 5.99. The zero-order chi connectivity index (χ0) is 13.2. The van der Waals surface area contributed by atoms with Crippen molar-refractivity contribution in [1.29, 1.82) is 0 Å². The van der Waals surface area contributed by atoms with Gasteiger partial charge in [0.2, 0.25) is 11.6 Å². The van der Waals surface area contributed by atoms with E-state index >= 15 is 0 Å². The van der Waals surface area contributed by atoms with Crippen LogP contribution in [0.15, 0.2) is 18.2 Å². The average molecular weight is 273 g/mol. The maximum atomic E-state index is 11.8. The molecular weight excluding hydrogens is 259 g/mol. The number of halogens is 2. The number of hydrogen-bond acceptors (Lipinski definition) is 2. The molecule has 17 heavy (non-hydrogen) atoms. The molecule has 0 aromatic heterocycles. The fourth-order valence-electron chi connectivity index (χ4n) is 1.34. The fraction of sp³-hybridized carbons (Fsp3) is 0.385. The van der Waals surface area contributed by atoms with Crippen LogP contribution in [-0.2, 0) is 16.0 Å². The molecule has 1 rings (SSSR count). The summed E-state index contributed by atoms with van der Waals surface area (Å²) in [6, 6.07) is 4.88. The number of carbonyl (C=O) groups excluding carboxylic acids is 2. The van der Waals surface area contributed by atoms with Crippen molar-refractivity contribution in [3.05, 3.63) is 33.8 Å². The quantitative estimate of drug-likeness (QED) is 0.786. The highest BCUT2D eigenvalue weighted by molar-refractivity contribution is 6.40. The van der Waals surface area contributed by atoms with Crippen LogP contribution in [0.3, 0.4) is 0 Å². The second kappa shape index (κ2) is 5.19. The van der Waals surface area contributed by atoms with Crippen molar-refractivity contribution in [2.24, 2.45) is 5.41 Å². The highest BCUT2D eigenvalue weighted by Gasteiger charge is 2.28. The highest BCUT2D eigenvalue weighted by Crippen LogP contribution is 2.23. The van der Waals surface area contributed by atoms with Gasteiger partial charge in [-0.05, 0) is 17.7 Å². The minimum absolute atomic E-state index is 0.0199. The molecule has 0 aliphatic carbocycles. The molecule has 0 fully saturated rings. The van der Waals surface area contributed by atoms with Crippen LogP contribution in [0.1, 0.15) is 26.3 Å². The summed E-state index contributed by atoms with van der Waals surface area (Å²) < 4.78 is 0. The van der Waals surface area contributed by atoms with E-state index < -0.39 is 11.2 Å². The van der Waals surface area contributed by atoms with E-state index in [0.29, 0.717) is 15.6 Å². The normalized spacial score (nSPS) is 11.4. The first-order valence-electron chi connectivity index (χ1n) is 5.23. The first-order chi connectivity index (χ1) is 7.71. The molecule has 92 valence electrons. The van der Waals surface area contributed by atoms with Gasteiger partial charge in [0, 0.05) is 21.9 Å². The molecule has 0 saturated carbocycles. The zero-order valence-electron chi connectivity index (χ0n) is 10.0. The lowest BCUT2D eigenvalue weighted by molar-refractivity contribution is -0.140. The highest BCUT2D eigenvalue weighted by atomic mass is 35.5. The summed E-state index contributed by atoms with van der Waals surface area (Å²) >= 11 is 11.7. The lowest BCUT2D eigenvalue weighted by Gasteiger charge is -2.15. The molecule has 2 nitrogen and oxygen atoms in total. The minimum atomic E-state index is -0.657. The Labute approximate surface area is 111 Å². The molecule has 0 bridgehead atoms. The standard InChI is InChI=1S/C13H14Cl2O2/c1-13(2,3)12(17)11(16)6-8-4-5-9(14)7-10(8)15/h4-5,7H,6H2,1-3H3. The Morgan fingerprint density at radius 3 is 2.24 bits per heavy atom. The van der Waals surface area contributed by atoms with Crippen molar-refractivity contribution < 1.29 is 9.59 Å². The van der Waals surface area contributed by atoms with Crippen LogP contribution in [-0.4, -0.2) is 11.6 Å². The first kappa shape index (κ1) is 14.2. The van der Waals surface area contributed by atoms with Crippen molar-refractivity contribution in [2.75, 3.05) is 0 Å². The maximum absolute atomic E-state index is 11.8. The molecule has 0 unspecified atom stereocenters. The Kier molecular flexibility index (Phi) is 4.34. The van der Waals surface area contributed by atoms with Gasteiger partial charge in [-0.1, -0.05) is 50.0 Å². The van der Waals surface area contributed by atoms with Crippen molar-refractivity contribution in [3.63, 3.8) is 0 Å². The number of rotatable bonds is 3. The second-order valence-corrected chi connectivity index (χ2v) is 5.76. The van der Waals surface area contributed by atoms with Gasteiger partial charge in [-0.15, -0.1) is 0 Å². The lowest BCUT2D eigenvalue weighted by Crippen LogP contribution is -2.29. The predicted octanol–water partition coefficient (Wildman–Crippen LogP) is 3.72. The van der Waals surface area contributed by atoms with E-state index in [9.17, 15) is 9.59 Å². The molecule has 0 saturated heterocycles. The van der Waals surface area contributed by atoms with Crippen molar-refractivity contribution in [3.8, 4) is 0 Å². The largest absolute Gasteiger partial charge is 0.290 e. The Morgan fingerprint density at radius 1 is 1.18 bits per heavy atom. The molecule has 0 aliphatic heterocycles. The van der Waals surface area contributed by atoms with Crippen molar-refractivity contribution in [1.82, 2.24) is 0 Å². The van der Waals surface area contributed by atoms with Gasteiger partial charge in [-0.3, -0.25) is 9.59 Å². The zero-order valence-corrected chi connectivity index (χ0v) is 11.5. The summed E-state index contributed by atoms with van der Waals surface area (Å²) in [4.78, 5) is 23.5. The van der Waals surface area contributed by atoms with E-state index in [0.717, 1.165) is 0 Å². The SMILES string of the molecule is CC(C)(C)C(=O)C(=O)Cc1ccc(Cl)cc1Cl. The summed E-state index contributed by atoms with van der Waals surface area (Å²) in [6.45, 7) is 5.16. The van der Waals surface area contributed by atoms with E-state index in [2.05, 4.69) is 0 Å². The molecule has 1 aromatic carbocycles. The number of Topliss-reactive ketones (excluding diaryl/α,β-unsaturated/α-hetero) is 2. The van der Waals surface area contributed by atoms with Gasteiger partial charge < -0.3 is 0 Å². The molecule has 0 atom stereocenters. The fourth-order valence-corrected chi connectivity index (χ4v) is 1.81. The lowest BCUT2D eigenvalue weighted by atomic mass is 9.86. The number of hydrogen-bond donors (Lipinski definition) is 0. The van der Waals surface area contributed by atoms with Gasteiger partial charge in [0.25, 0.3) is 0 Å². The van der Waals surface area contributed by atoms with E-state index in [4.69, 9.17) is 23.2 Å². The van der Waals surface area contributed by atoms with Crippen molar-refractivity contribution in [2.45, 2.75) is 27.2 Å². The van der Waals surface area contributed by atoms with E-state index in [1.54, 1.807) is 39.0 Å². The molecule has 1 aromatic rings. The van der Waals surface area contributed by atoms with Crippen LogP contribution in [0.5, 0.6) is 0 Å². The molecular formula is C13H14Cl2O2. The number of carbonyl (C=O) groups is 2. The summed E-state index contributed by atoms with van der Waals surface area (Å²) in [5.41, 5.74) is -0.0330. The molecule has 0 aliphatic rings. The van der Waals surface area contributed by atoms with Crippen LogP contribution in [0.2, 0.25) is 10.0 Å². The molecule has 0 heterocycles. The Bertz CT molecular complexity index is 459. The molecule has 0 radical (unpaired) electrons. The molecule has 0 N–H and O–H groups in total. The van der Waals surface area contributed by atoms with Gasteiger partial charge in [0.05, 0.1) is 0 Å². The van der Waals surface area contributed by atoms with Crippen LogP contribution in [0, 0.1) is 5.41 Å². The van der Waals surface area contributed by atoms with Gasteiger partial charge in [0.15, 0.2) is 0 Å². The number of ketones is 2. The monoisotopic (exact) mass is 272 g/mol. The topological polar surface area (TPSA) is 34.1 Å². The summed E-state index contributed by atoms with van der Waals surface area (Å²) in [5.74, 6) is -0.815. The minimum Gasteiger partial charge on any atom is -0.290 e. The third-order valence-corrected chi connectivity index (χ3v) is 2.89. The Balaban J connectivity index is 2.86. The van der Waals surface area contributed by atoms with Crippen LogP contribution < -0.4 is 0 Å². The summed E-state index contributed by atoms with van der Waals surface area (Å²) in [6.07, 6.45) is 0.0199. The van der Waals surface area contributed by atoms with E-state index in [1.165, 1.54) is 0 Å². The van der Waals surface area contributed by atoms with Crippen LogP contribution in [0.4, 0.5) is 0 Å². The predicted molar refractivity (Wildman–Crippen MR) is 69.6 cm³/mol. The van der Waals surface area contributed by atoms with Gasteiger partial charge in [-0.25, -0.2) is 0 Å². The van der Waals surface area contributed by atoms with E-state index in [-0.39, 0.29) is 12.2 Å². The van der Waals surface area contributed by atoms with Crippen LogP contribution in [0.25, 0.3) is 0 Å². The Morgan fingerprint density at radius 2 is 1.76 bits per heavy atom. The summed E-state index contributed by atoms with van der Waals surface area (Å²) in [5, 5.41) is 0.918. The smallest absolute Gasteiger partial charge is 0.204 e. The Hall–Kier alpha value is -0.860. The van der Waals surface area contributed by atoms with Crippen molar-refractivity contribution >= 4 is 34.8 Å². The number of benzene rings is 1. The van der Waals surface area contributed by atoms with Crippen LogP contribution >= 0.6 is 23.2 Å². The second-order valence-electron chi connectivity index (χ2n) is 4.91. The maximum Gasteiger partial charge on any atom is 0.204 e. The summed E-state index contributed by atoms with van der Waals surface area (Å²) in [7, 11) is 0. The molecule has 4 heteroatoms. The van der Waals surface area contributed by atoms with Gasteiger partial charge in [-0.2, -0.15) is 0 Å². The van der Waals surface area contributed by atoms with Gasteiger partial charge >= 0.3 is 0 Å².